The number of methoxy groups -OCH3 is 1. The lowest BCUT2D eigenvalue weighted by atomic mass is 10.3. The zero-order valence-corrected chi connectivity index (χ0v) is 20.0. The number of hydrogen-bond acceptors (Lipinski definition) is 8. The molecular formula is C21H26N4O6S2. The molecule has 0 unspecified atom stereocenters. The largest absolute Gasteiger partial charge is 0.490 e. The number of nitrogens with zero attached hydrogens (tertiary/aromatic N) is 3. The molecule has 0 spiro atoms. The highest BCUT2D eigenvalue weighted by Gasteiger charge is 2.30. The summed E-state index contributed by atoms with van der Waals surface area (Å²) in [6.45, 7) is 1.91. The van der Waals surface area contributed by atoms with Gasteiger partial charge in [0.05, 0.1) is 22.6 Å². The molecule has 1 N–H and O–H groups in total. The molecule has 10 nitrogen and oxygen atoms in total. The summed E-state index contributed by atoms with van der Waals surface area (Å²) in [5.74, 6) is -0.0979. The number of carbonyl (C=O) groups is 1. The maximum Gasteiger partial charge on any atom is 0.312 e. The van der Waals surface area contributed by atoms with E-state index in [0.717, 1.165) is 16.6 Å². The second-order valence-corrected chi connectivity index (χ2v) is 10.1. The highest BCUT2D eigenvalue weighted by atomic mass is 32.2. The van der Waals surface area contributed by atoms with Crippen molar-refractivity contribution >= 4 is 39.1 Å². The maximum absolute atomic E-state index is 13.0. The molecule has 1 heterocycles. The molecule has 2 aromatic carbocycles. The Hall–Kier alpha value is -2.67. The number of nitro groups is 1. The predicted octanol–water partition coefficient (Wildman–Crippen LogP) is 2.66. The van der Waals surface area contributed by atoms with E-state index in [9.17, 15) is 23.3 Å². The molecule has 12 heteroatoms. The van der Waals surface area contributed by atoms with Gasteiger partial charge in [0, 0.05) is 50.1 Å². The zero-order valence-electron chi connectivity index (χ0n) is 18.4. The number of ether oxygens (including phenoxy) is 1. The number of rotatable bonds is 9. The molecule has 1 saturated heterocycles. The summed E-state index contributed by atoms with van der Waals surface area (Å²) < 4.78 is 32.2. The lowest BCUT2D eigenvalue weighted by molar-refractivity contribution is -0.386. The molecule has 2 aromatic rings. The van der Waals surface area contributed by atoms with Crippen LogP contribution in [-0.4, -0.2) is 74.5 Å². The van der Waals surface area contributed by atoms with Gasteiger partial charge in [0.15, 0.2) is 5.75 Å². The second kappa shape index (κ2) is 11.0. The number of nitrogens with one attached hydrogen (secondary N) is 1. The van der Waals surface area contributed by atoms with Gasteiger partial charge in [-0.05, 0) is 30.5 Å². The van der Waals surface area contributed by atoms with Crippen LogP contribution in [0.1, 0.15) is 6.42 Å². The number of hydrogen-bond donors (Lipinski definition) is 1. The van der Waals surface area contributed by atoms with Gasteiger partial charge in [0.2, 0.25) is 15.9 Å². The van der Waals surface area contributed by atoms with Crippen LogP contribution in [0.3, 0.4) is 0 Å². The third-order valence-corrected chi connectivity index (χ3v) is 8.04. The average Bonchev–Trinajstić information content (AvgIpc) is 2.82. The Bertz CT molecular complexity index is 1120. The van der Waals surface area contributed by atoms with Gasteiger partial charge in [-0.25, -0.2) is 8.42 Å². The zero-order chi connectivity index (χ0) is 24.0. The number of sulfonamides is 1. The molecule has 178 valence electrons. The van der Waals surface area contributed by atoms with Crippen LogP contribution in [0.2, 0.25) is 0 Å². The number of para-hydroxylation sites is 1. The molecule has 0 saturated carbocycles. The standard InChI is InChI=1S/C21H26N4O6S2/c1-31-19-8-7-16(15-18(19)25(27)28)33(29,30)24-13-11-23(12-14-24)10-9-21(26)22-17-5-3-4-6-20(17)32-2/h3-8,15H,9-14H2,1-2H3,(H,22,26). The van der Waals surface area contributed by atoms with Crippen molar-refractivity contribution in [1.82, 2.24) is 9.21 Å². The van der Waals surface area contributed by atoms with Crippen molar-refractivity contribution in [3.8, 4) is 5.75 Å². The van der Waals surface area contributed by atoms with E-state index in [-0.39, 0.29) is 29.6 Å². The molecule has 1 aliphatic rings. The number of benzene rings is 2. The fourth-order valence-corrected chi connectivity index (χ4v) is 5.53. The molecule has 0 aromatic heterocycles. The highest BCUT2D eigenvalue weighted by molar-refractivity contribution is 7.98. The fourth-order valence-electron chi connectivity index (χ4n) is 3.54. The Kier molecular flexibility index (Phi) is 8.30. The van der Waals surface area contributed by atoms with Gasteiger partial charge in [-0.15, -0.1) is 11.8 Å². The number of nitro benzene ring substituents is 1. The van der Waals surface area contributed by atoms with E-state index in [1.807, 2.05) is 35.4 Å². The van der Waals surface area contributed by atoms with Crippen LogP contribution in [0.4, 0.5) is 11.4 Å². The Labute approximate surface area is 197 Å². The molecule has 0 aliphatic carbocycles. The van der Waals surface area contributed by atoms with Crippen LogP contribution < -0.4 is 10.1 Å². The van der Waals surface area contributed by atoms with Crippen LogP contribution in [-0.2, 0) is 14.8 Å². The molecule has 0 radical (unpaired) electrons. The first-order chi connectivity index (χ1) is 15.8. The van der Waals surface area contributed by atoms with E-state index in [0.29, 0.717) is 26.1 Å². The summed E-state index contributed by atoms with van der Waals surface area (Å²) in [5, 5.41) is 14.2. The van der Waals surface area contributed by atoms with Gasteiger partial charge in [-0.1, -0.05) is 12.1 Å². The number of carbonyl (C=O) groups excluding carboxylic acids is 1. The van der Waals surface area contributed by atoms with Crippen molar-refractivity contribution in [3.63, 3.8) is 0 Å². The minimum Gasteiger partial charge on any atom is -0.490 e. The molecule has 1 aliphatic heterocycles. The summed E-state index contributed by atoms with van der Waals surface area (Å²) in [4.78, 5) is 25.8. The first-order valence-corrected chi connectivity index (χ1v) is 12.9. The highest BCUT2D eigenvalue weighted by Crippen LogP contribution is 2.31. The summed E-state index contributed by atoms with van der Waals surface area (Å²) in [6.07, 6.45) is 2.24. The van der Waals surface area contributed by atoms with E-state index in [1.54, 1.807) is 11.8 Å². The Morgan fingerprint density at radius 3 is 2.52 bits per heavy atom. The third-order valence-electron chi connectivity index (χ3n) is 5.35. The Morgan fingerprint density at radius 2 is 1.88 bits per heavy atom. The van der Waals surface area contributed by atoms with Gasteiger partial charge in [0.1, 0.15) is 0 Å². The van der Waals surface area contributed by atoms with E-state index >= 15 is 0 Å². The molecular weight excluding hydrogens is 468 g/mol. The van der Waals surface area contributed by atoms with Crippen molar-refractivity contribution in [1.29, 1.82) is 0 Å². The number of amides is 1. The lowest BCUT2D eigenvalue weighted by Crippen LogP contribution is -2.49. The molecule has 33 heavy (non-hydrogen) atoms. The second-order valence-electron chi connectivity index (χ2n) is 7.33. The lowest BCUT2D eigenvalue weighted by Gasteiger charge is -2.33. The normalized spacial score (nSPS) is 15.2. The quantitative estimate of drug-likeness (QED) is 0.321. The van der Waals surface area contributed by atoms with Gasteiger partial charge >= 0.3 is 5.69 Å². The van der Waals surface area contributed by atoms with Crippen LogP contribution in [0.5, 0.6) is 5.75 Å². The van der Waals surface area contributed by atoms with E-state index in [1.165, 1.54) is 23.5 Å². The van der Waals surface area contributed by atoms with Crippen LogP contribution in [0.25, 0.3) is 0 Å². The summed E-state index contributed by atoms with van der Waals surface area (Å²) >= 11 is 1.56. The Morgan fingerprint density at radius 1 is 1.18 bits per heavy atom. The van der Waals surface area contributed by atoms with E-state index in [4.69, 9.17) is 4.74 Å². The number of thioether (sulfide) groups is 1. The van der Waals surface area contributed by atoms with E-state index in [2.05, 4.69) is 5.32 Å². The first-order valence-electron chi connectivity index (χ1n) is 10.2. The van der Waals surface area contributed by atoms with Crippen LogP contribution in [0, 0.1) is 10.1 Å². The molecule has 1 amide bonds. The smallest absolute Gasteiger partial charge is 0.312 e. The van der Waals surface area contributed by atoms with Crippen molar-refractivity contribution in [3.05, 3.63) is 52.6 Å². The van der Waals surface area contributed by atoms with Crippen molar-refractivity contribution < 1.29 is 22.9 Å². The molecule has 1 fully saturated rings. The maximum atomic E-state index is 13.0. The van der Waals surface area contributed by atoms with Gasteiger partial charge in [-0.2, -0.15) is 4.31 Å². The summed E-state index contributed by atoms with van der Waals surface area (Å²) in [5.41, 5.74) is 0.380. The van der Waals surface area contributed by atoms with Gasteiger partial charge in [0.25, 0.3) is 0 Å². The molecule has 0 atom stereocenters. The minimum absolute atomic E-state index is 0.00204. The van der Waals surface area contributed by atoms with Crippen LogP contribution >= 0.6 is 11.8 Å². The first kappa shape index (κ1) is 25.0. The third kappa shape index (κ3) is 6.02. The number of anilines is 1. The molecule has 3 rings (SSSR count). The minimum atomic E-state index is -3.88. The average molecular weight is 495 g/mol. The number of piperazine rings is 1. The van der Waals surface area contributed by atoms with Crippen molar-refractivity contribution in [2.45, 2.75) is 16.2 Å². The monoisotopic (exact) mass is 494 g/mol. The summed E-state index contributed by atoms with van der Waals surface area (Å²) in [7, 11) is -2.59. The van der Waals surface area contributed by atoms with Crippen molar-refractivity contribution in [2.24, 2.45) is 0 Å². The molecule has 0 bridgehead atoms. The Balaban J connectivity index is 1.55. The van der Waals surface area contributed by atoms with Gasteiger partial charge in [-0.3, -0.25) is 14.9 Å². The van der Waals surface area contributed by atoms with E-state index < -0.39 is 20.6 Å². The van der Waals surface area contributed by atoms with Gasteiger partial charge < -0.3 is 15.0 Å². The SMILES string of the molecule is COc1ccc(S(=O)(=O)N2CCN(CCC(=O)Nc3ccccc3SC)CC2)cc1[N+](=O)[O-]. The summed E-state index contributed by atoms with van der Waals surface area (Å²) in [6, 6.07) is 11.2. The fraction of sp³-hybridized carbons (Fsp3) is 0.381. The topological polar surface area (TPSA) is 122 Å². The van der Waals surface area contributed by atoms with Crippen molar-refractivity contribution in [2.75, 3.05) is 51.4 Å². The van der Waals surface area contributed by atoms with Crippen LogP contribution in [0.15, 0.2) is 52.3 Å². The predicted molar refractivity (Wildman–Crippen MR) is 126 cm³/mol.